The predicted octanol–water partition coefficient (Wildman–Crippen LogP) is 2.68. The third-order valence-corrected chi connectivity index (χ3v) is 4.57. The molecule has 0 amide bonds. The van der Waals surface area contributed by atoms with Gasteiger partial charge in [0.15, 0.2) is 11.6 Å². The molecule has 2 N–H and O–H groups in total. The fourth-order valence-corrected chi connectivity index (χ4v) is 3.32. The fourth-order valence-electron chi connectivity index (χ4n) is 2.42. The molecule has 0 bridgehead atoms. The highest BCUT2D eigenvalue weighted by atomic mass is 32.1. The van der Waals surface area contributed by atoms with Gasteiger partial charge in [-0.25, -0.2) is 13.8 Å². The van der Waals surface area contributed by atoms with Gasteiger partial charge < -0.3 is 10.1 Å². The molecule has 1 aromatic carbocycles. The first kappa shape index (κ1) is 16.3. The van der Waals surface area contributed by atoms with E-state index in [-0.39, 0.29) is 30.4 Å². The number of hydrogen-bond donors (Lipinski definition) is 2. The van der Waals surface area contributed by atoms with Gasteiger partial charge in [-0.15, -0.1) is 11.3 Å². The summed E-state index contributed by atoms with van der Waals surface area (Å²) in [6, 6.07) is 3.92. The molecule has 0 fully saturated rings. The van der Waals surface area contributed by atoms with Gasteiger partial charge in [0, 0.05) is 12.0 Å². The Morgan fingerprint density at radius 1 is 1.25 bits per heavy atom. The molecule has 0 aliphatic carbocycles. The van der Waals surface area contributed by atoms with Crippen molar-refractivity contribution in [2.24, 2.45) is 0 Å². The van der Waals surface area contributed by atoms with Crippen LogP contribution in [0.25, 0.3) is 10.2 Å². The highest BCUT2D eigenvalue weighted by molar-refractivity contribution is 7.17. The van der Waals surface area contributed by atoms with E-state index >= 15 is 0 Å². The van der Waals surface area contributed by atoms with Crippen molar-refractivity contribution in [1.82, 2.24) is 9.97 Å². The summed E-state index contributed by atoms with van der Waals surface area (Å²) in [5.41, 5.74) is 0.637. The molecule has 0 unspecified atom stereocenters. The summed E-state index contributed by atoms with van der Waals surface area (Å²) in [6.45, 7) is 0. The maximum atomic E-state index is 13.7. The normalized spacial score (nSPS) is 11.1. The van der Waals surface area contributed by atoms with Crippen LogP contribution in [-0.4, -0.2) is 21.0 Å². The average Bonchev–Trinajstić information content (AvgIpc) is 2.92. The number of aromatic amines is 1. The molecule has 0 saturated heterocycles. The topological polar surface area (TPSA) is 83.0 Å². The van der Waals surface area contributed by atoms with Crippen LogP contribution < -0.4 is 5.56 Å². The van der Waals surface area contributed by atoms with Gasteiger partial charge in [-0.05, 0) is 23.4 Å². The number of halogens is 2. The molecule has 0 spiro atoms. The van der Waals surface area contributed by atoms with Crippen LogP contribution in [0.1, 0.15) is 17.0 Å². The van der Waals surface area contributed by atoms with E-state index in [9.17, 15) is 18.4 Å². The Labute approximate surface area is 138 Å². The third kappa shape index (κ3) is 3.18. The smallest absolute Gasteiger partial charge is 0.307 e. The molecule has 5 nitrogen and oxygen atoms in total. The third-order valence-electron chi connectivity index (χ3n) is 3.55. The number of fused-ring (bicyclic) bond motifs is 1. The summed E-state index contributed by atoms with van der Waals surface area (Å²) >= 11 is 1.13. The van der Waals surface area contributed by atoms with Crippen LogP contribution in [0.15, 0.2) is 28.4 Å². The Morgan fingerprint density at radius 3 is 2.79 bits per heavy atom. The number of carboxylic acids is 1. The molecule has 124 valence electrons. The Hall–Kier alpha value is -2.61. The second kappa shape index (κ2) is 6.48. The number of aryl methyl sites for hydroxylation is 2. The van der Waals surface area contributed by atoms with Gasteiger partial charge in [-0.1, -0.05) is 12.1 Å². The van der Waals surface area contributed by atoms with Crippen molar-refractivity contribution >= 4 is 27.5 Å². The van der Waals surface area contributed by atoms with Crippen LogP contribution >= 0.6 is 11.3 Å². The largest absolute Gasteiger partial charge is 0.481 e. The quantitative estimate of drug-likeness (QED) is 0.741. The Kier molecular flexibility index (Phi) is 4.39. The average molecular weight is 350 g/mol. The van der Waals surface area contributed by atoms with E-state index in [4.69, 9.17) is 5.11 Å². The second-order valence-electron chi connectivity index (χ2n) is 5.23. The van der Waals surface area contributed by atoms with Crippen molar-refractivity contribution in [3.63, 3.8) is 0 Å². The van der Waals surface area contributed by atoms with E-state index in [1.807, 2.05) is 0 Å². The summed E-state index contributed by atoms with van der Waals surface area (Å²) < 4.78 is 27.2. The minimum absolute atomic E-state index is 0.163. The molecular weight excluding hydrogens is 338 g/mol. The van der Waals surface area contributed by atoms with Crippen molar-refractivity contribution in [3.05, 3.63) is 62.5 Å². The number of hydrogen-bond acceptors (Lipinski definition) is 4. The number of nitrogens with one attached hydrogen (secondary N) is 1. The molecule has 3 aromatic rings. The van der Waals surface area contributed by atoms with E-state index < -0.39 is 17.6 Å². The standard InChI is InChI=1S/C16H12F2N2O3S/c17-10-3-1-2-8(13(10)18)4-5-11-19-14-9(6-12(21)22)7-24-15(14)16(23)20-11/h1-3,7H,4-6H2,(H,21,22)(H,19,20,23). The van der Waals surface area contributed by atoms with Gasteiger partial charge in [-0.2, -0.15) is 0 Å². The Morgan fingerprint density at radius 2 is 2.04 bits per heavy atom. The van der Waals surface area contributed by atoms with E-state index in [0.717, 1.165) is 17.4 Å². The van der Waals surface area contributed by atoms with Gasteiger partial charge >= 0.3 is 5.97 Å². The number of carboxylic acid groups (broad SMARTS) is 1. The monoisotopic (exact) mass is 350 g/mol. The summed E-state index contributed by atoms with van der Waals surface area (Å²) in [6.07, 6.45) is 0.138. The molecule has 0 atom stereocenters. The summed E-state index contributed by atoms with van der Waals surface area (Å²) in [4.78, 5) is 29.8. The van der Waals surface area contributed by atoms with E-state index in [1.165, 1.54) is 12.1 Å². The van der Waals surface area contributed by atoms with E-state index in [2.05, 4.69) is 9.97 Å². The van der Waals surface area contributed by atoms with Gasteiger partial charge in [-0.3, -0.25) is 9.59 Å². The Bertz CT molecular complexity index is 981. The van der Waals surface area contributed by atoms with Crippen molar-refractivity contribution < 1.29 is 18.7 Å². The highest BCUT2D eigenvalue weighted by Gasteiger charge is 2.14. The van der Waals surface area contributed by atoms with Crippen LogP contribution in [0, 0.1) is 11.6 Å². The lowest BCUT2D eigenvalue weighted by Crippen LogP contribution is -2.12. The number of rotatable bonds is 5. The number of H-pyrrole nitrogens is 1. The molecule has 0 aliphatic rings. The maximum Gasteiger partial charge on any atom is 0.307 e. The van der Waals surface area contributed by atoms with Crippen molar-refractivity contribution in [1.29, 1.82) is 0 Å². The van der Waals surface area contributed by atoms with Crippen LogP contribution in [0.2, 0.25) is 0 Å². The van der Waals surface area contributed by atoms with Gasteiger partial charge in [0.1, 0.15) is 10.5 Å². The minimum Gasteiger partial charge on any atom is -0.481 e. The minimum atomic E-state index is -1.01. The lowest BCUT2D eigenvalue weighted by Gasteiger charge is -2.04. The van der Waals surface area contributed by atoms with Crippen LogP contribution in [0.4, 0.5) is 8.78 Å². The summed E-state index contributed by atoms with van der Waals surface area (Å²) in [5.74, 6) is -2.55. The first-order valence-corrected chi connectivity index (χ1v) is 7.97. The number of thiophene rings is 1. The van der Waals surface area contributed by atoms with E-state index in [1.54, 1.807) is 5.38 Å². The summed E-state index contributed by atoms with van der Waals surface area (Å²) in [5, 5.41) is 10.5. The zero-order valence-corrected chi connectivity index (χ0v) is 13.1. The van der Waals surface area contributed by atoms with Crippen LogP contribution in [0.5, 0.6) is 0 Å². The van der Waals surface area contributed by atoms with Gasteiger partial charge in [0.25, 0.3) is 5.56 Å². The van der Waals surface area contributed by atoms with Gasteiger partial charge in [0.05, 0.1) is 11.9 Å². The first-order chi connectivity index (χ1) is 11.5. The van der Waals surface area contributed by atoms with E-state index in [0.29, 0.717) is 21.6 Å². The molecule has 8 heteroatoms. The molecule has 3 rings (SSSR count). The fraction of sp³-hybridized carbons (Fsp3) is 0.188. The maximum absolute atomic E-state index is 13.7. The number of carbonyl (C=O) groups is 1. The number of aliphatic carboxylic acids is 1. The molecule has 2 heterocycles. The Balaban J connectivity index is 1.91. The van der Waals surface area contributed by atoms with Crippen LogP contribution in [-0.2, 0) is 24.1 Å². The molecular formula is C16H12F2N2O3S. The predicted molar refractivity (Wildman–Crippen MR) is 85.3 cm³/mol. The number of benzene rings is 1. The zero-order chi connectivity index (χ0) is 17.3. The number of nitrogens with zero attached hydrogens (tertiary/aromatic N) is 1. The lowest BCUT2D eigenvalue weighted by molar-refractivity contribution is -0.136. The summed E-state index contributed by atoms with van der Waals surface area (Å²) in [7, 11) is 0. The zero-order valence-electron chi connectivity index (χ0n) is 12.3. The molecule has 0 saturated carbocycles. The first-order valence-electron chi connectivity index (χ1n) is 7.09. The molecule has 24 heavy (non-hydrogen) atoms. The van der Waals surface area contributed by atoms with Gasteiger partial charge in [0.2, 0.25) is 0 Å². The van der Waals surface area contributed by atoms with Crippen molar-refractivity contribution in [2.75, 3.05) is 0 Å². The van der Waals surface area contributed by atoms with Crippen molar-refractivity contribution in [2.45, 2.75) is 19.3 Å². The van der Waals surface area contributed by atoms with Crippen molar-refractivity contribution in [3.8, 4) is 0 Å². The lowest BCUT2D eigenvalue weighted by atomic mass is 10.1. The molecule has 0 aliphatic heterocycles. The second-order valence-corrected chi connectivity index (χ2v) is 6.11. The molecule has 0 radical (unpaired) electrons. The SMILES string of the molecule is O=C(O)Cc1csc2c(=O)[nH]c(CCc3cccc(F)c3F)nc12. The van der Waals surface area contributed by atoms with Crippen LogP contribution in [0.3, 0.4) is 0 Å². The number of aromatic nitrogens is 2. The highest BCUT2D eigenvalue weighted by Crippen LogP contribution is 2.22. The molecule has 2 aromatic heterocycles.